The monoisotopic (exact) mass is 210 g/mol. The summed E-state index contributed by atoms with van der Waals surface area (Å²) in [5.41, 5.74) is 0.918. The first-order chi connectivity index (χ1) is 7.27. The van der Waals surface area contributed by atoms with Crippen LogP contribution < -0.4 is 4.74 Å². The summed E-state index contributed by atoms with van der Waals surface area (Å²) >= 11 is 0. The van der Waals surface area contributed by atoms with Gasteiger partial charge in [-0.3, -0.25) is 0 Å². The molecule has 0 amide bonds. The van der Waals surface area contributed by atoms with E-state index in [1.54, 1.807) is 0 Å². The zero-order valence-electron chi connectivity index (χ0n) is 9.27. The Hall–Kier alpha value is -1.06. The van der Waals surface area contributed by atoms with Crippen molar-refractivity contribution < 1.29 is 14.6 Å². The fourth-order valence-electron chi connectivity index (χ4n) is 1.21. The molecule has 15 heavy (non-hydrogen) atoms. The lowest BCUT2D eigenvalue weighted by Crippen LogP contribution is -2.02. The second kappa shape index (κ2) is 6.43. The highest BCUT2D eigenvalue weighted by Gasteiger charge is 2.03. The molecular formula is C12H18O3. The number of benzene rings is 1. The Morgan fingerprint density at radius 2 is 1.87 bits per heavy atom. The molecule has 0 unspecified atom stereocenters. The molecule has 0 radical (unpaired) electrons. The number of rotatable bonds is 6. The highest BCUT2D eigenvalue weighted by molar-refractivity contribution is 5.28. The third-order valence-corrected chi connectivity index (χ3v) is 2.16. The molecule has 3 nitrogen and oxygen atoms in total. The van der Waals surface area contributed by atoms with Crippen molar-refractivity contribution in [3.63, 3.8) is 0 Å². The fraction of sp³-hybridized carbons (Fsp3) is 0.500. The summed E-state index contributed by atoms with van der Waals surface area (Å²) in [4.78, 5) is 0. The van der Waals surface area contributed by atoms with Gasteiger partial charge >= 0.3 is 0 Å². The second-order valence-corrected chi connectivity index (χ2v) is 3.25. The van der Waals surface area contributed by atoms with E-state index < -0.39 is 0 Å². The minimum Gasteiger partial charge on any atom is -0.468 e. The van der Waals surface area contributed by atoms with Gasteiger partial charge in [-0.2, -0.15) is 0 Å². The third-order valence-electron chi connectivity index (χ3n) is 2.16. The number of hydrogen-bond acceptors (Lipinski definition) is 3. The highest BCUT2D eigenvalue weighted by Crippen LogP contribution is 2.19. The summed E-state index contributed by atoms with van der Waals surface area (Å²) in [5, 5.41) is 9.57. The van der Waals surface area contributed by atoms with Crippen LogP contribution in [-0.4, -0.2) is 18.5 Å². The van der Waals surface area contributed by atoms with Crippen LogP contribution >= 0.6 is 0 Å². The Labute approximate surface area is 90.6 Å². The number of hydrogen-bond donors (Lipinski definition) is 1. The number of aliphatic hydroxyl groups is 1. The molecule has 0 aliphatic rings. The van der Waals surface area contributed by atoms with Gasteiger partial charge in [0, 0.05) is 6.61 Å². The molecule has 0 aliphatic carbocycles. The van der Waals surface area contributed by atoms with Crippen molar-refractivity contribution in [2.75, 3.05) is 13.4 Å². The van der Waals surface area contributed by atoms with E-state index >= 15 is 0 Å². The highest BCUT2D eigenvalue weighted by atomic mass is 16.7. The van der Waals surface area contributed by atoms with Crippen LogP contribution in [0, 0.1) is 0 Å². The third kappa shape index (κ3) is 3.90. The molecule has 1 N–H and O–H groups in total. The van der Waals surface area contributed by atoms with Gasteiger partial charge in [0.15, 0.2) is 6.79 Å². The first-order valence-corrected chi connectivity index (χ1v) is 5.26. The predicted molar refractivity (Wildman–Crippen MR) is 58.8 cm³/mol. The standard InChI is InChI=1S/C12H18O3/c1-3-12(13)10-5-7-11(8-6-10)15-9-14-4-2/h5-8,12-13H,3-4,9H2,1-2H3/t12-/m1/s1. The van der Waals surface area contributed by atoms with E-state index in [4.69, 9.17) is 9.47 Å². The molecule has 84 valence electrons. The Morgan fingerprint density at radius 3 is 2.40 bits per heavy atom. The van der Waals surface area contributed by atoms with Crippen LogP contribution in [0.15, 0.2) is 24.3 Å². The summed E-state index contributed by atoms with van der Waals surface area (Å²) in [6.07, 6.45) is 0.338. The van der Waals surface area contributed by atoms with Crippen LogP contribution in [0.3, 0.4) is 0 Å². The summed E-state index contributed by atoms with van der Waals surface area (Å²) in [6, 6.07) is 7.42. The van der Waals surface area contributed by atoms with Crippen molar-refractivity contribution in [1.29, 1.82) is 0 Å². The zero-order chi connectivity index (χ0) is 11.1. The summed E-state index contributed by atoms with van der Waals surface area (Å²) in [5.74, 6) is 0.760. The van der Waals surface area contributed by atoms with E-state index in [0.717, 1.165) is 17.7 Å². The van der Waals surface area contributed by atoms with Crippen LogP contribution in [0.2, 0.25) is 0 Å². The number of ether oxygens (including phenoxy) is 2. The maximum atomic E-state index is 9.57. The average molecular weight is 210 g/mol. The first kappa shape index (κ1) is 12.0. The van der Waals surface area contributed by atoms with Crippen molar-refractivity contribution in [3.8, 4) is 5.75 Å². The Balaban J connectivity index is 2.49. The largest absolute Gasteiger partial charge is 0.468 e. The molecular weight excluding hydrogens is 192 g/mol. The predicted octanol–water partition coefficient (Wildman–Crippen LogP) is 2.50. The lowest BCUT2D eigenvalue weighted by atomic mass is 10.1. The SMILES string of the molecule is CCOCOc1ccc([C@H](O)CC)cc1. The van der Waals surface area contributed by atoms with E-state index in [9.17, 15) is 5.11 Å². The molecule has 1 rings (SSSR count). The van der Waals surface area contributed by atoms with Gasteiger partial charge in [-0.15, -0.1) is 0 Å². The van der Waals surface area contributed by atoms with Crippen LogP contribution in [0.25, 0.3) is 0 Å². The average Bonchev–Trinajstić information content (AvgIpc) is 2.29. The molecule has 3 heteroatoms. The molecule has 0 aliphatic heterocycles. The van der Waals surface area contributed by atoms with E-state index in [1.165, 1.54) is 0 Å². The molecule has 0 saturated carbocycles. The topological polar surface area (TPSA) is 38.7 Å². The van der Waals surface area contributed by atoms with Crippen molar-refractivity contribution in [3.05, 3.63) is 29.8 Å². The van der Waals surface area contributed by atoms with E-state index in [1.807, 2.05) is 38.1 Å². The molecule has 0 saturated heterocycles. The zero-order valence-corrected chi connectivity index (χ0v) is 9.27. The minimum atomic E-state index is -0.383. The van der Waals surface area contributed by atoms with Crippen molar-refractivity contribution in [2.24, 2.45) is 0 Å². The van der Waals surface area contributed by atoms with Gasteiger partial charge < -0.3 is 14.6 Å². The van der Waals surface area contributed by atoms with Gasteiger partial charge in [0.05, 0.1) is 6.10 Å². The van der Waals surface area contributed by atoms with Gasteiger partial charge in [-0.25, -0.2) is 0 Å². The molecule has 0 spiro atoms. The van der Waals surface area contributed by atoms with Crippen molar-refractivity contribution in [2.45, 2.75) is 26.4 Å². The lowest BCUT2D eigenvalue weighted by Gasteiger charge is -2.09. The van der Waals surface area contributed by atoms with Crippen LogP contribution in [0.1, 0.15) is 31.9 Å². The molecule has 1 aromatic rings. The van der Waals surface area contributed by atoms with Gasteiger partial charge in [0.25, 0.3) is 0 Å². The van der Waals surface area contributed by atoms with Gasteiger partial charge in [-0.05, 0) is 31.0 Å². The van der Waals surface area contributed by atoms with E-state index in [-0.39, 0.29) is 12.9 Å². The molecule has 1 atom stereocenters. The smallest absolute Gasteiger partial charge is 0.189 e. The van der Waals surface area contributed by atoms with Crippen molar-refractivity contribution in [1.82, 2.24) is 0 Å². The summed E-state index contributed by atoms with van der Waals surface area (Å²) < 4.78 is 10.4. The molecule has 1 aromatic carbocycles. The van der Waals surface area contributed by atoms with E-state index in [2.05, 4.69) is 0 Å². The maximum Gasteiger partial charge on any atom is 0.189 e. The van der Waals surface area contributed by atoms with Gasteiger partial charge in [0.2, 0.25) is 0 Å². The van der Waals surface area contributed by atoms with Gasteiger partial charge in [-0.1, -0.05) is 19.1 Å². The van der Waals surface area contributed by atoms with Gasteiger partial charge in [0.1, 0.15) is 5.75 Å². The molecule has 0 aromatic heterocycles. The first-order valence-electron chi connectivity index (χ1n) is 5.26. The number of aliphatic hydroxyl groups excluding tert-OH is 1. The quantitative estimate of drug-likeness (QED) is 0.579. The van der Waals surface area contributed by atoms with Crippen molar-refractivity contribution >= 4 is 0 Å². The van der Waals surface area contributed by atoms with Crippen LogP contribution in [-0.2, 0) is 4.74 Å². The fourth-order valence-corrected chi connectivity index (χ4v) is 1.21. The maximum absolute atomic E-state index is 9.57. The van der Waals surface area contributed by atoms with E-state index in [0.29, 0.717) is 6.61 Å². The Bertz CT molecular complexity index is 269. The summed E-state index contributed by atoms with van der Waals surface area (Å²) in [6.45, 7) is 4.78. The molecule has 0 fully saturated rings. The summed E-state index contributed by atoms with van der Waals surface area (Å²) in [7, 11) is 0. The Kier molecular flexibility index (Phi) is 5.15. The Morgan fingerprint density at radius 1 is 1.20 bits per heavy atom. The molecule has 0 bridgehead atoms. The molecule has 0 heterocycles. The second-order valence-electron chi connectivity index (χ2n) is 3.25. The lowest BCUT2D eigenvalue weighted by molar-refractivity contribution is 0.0224. The minimum absolute atomic E-state index is 0.270. The van der Waals surface area contributed by atoms with Crippen LogP contribution in [0.4, 0.5) is 0 Å². The normalized spacial score (nSPS) is 12.5. The van der Waals surface area contributed by atoms with Crippen LogP contribution in [0.5, 0.6) is 5.75 Å².